The van der Waals surface area contributed by atoms with Crippen LogP contribution in [0.3, 0.4) is 0 Å². The average molecular weight is 294 g/mol. The van der Waals surface area contributed by atoms with E-state index >= 15 is 0 Å². The number of nitrogens with one attached hydrogen (secondary N) is 1. The maximum atomic E-state index is 6.43. The van der Waals surface area contributed by atoms with E-state index < -0.39 is 0 Å². The second kappa shape index (κ2) is 5.53. The summed E-state index contributed by atoms with van der Waals surface area (Å²) in [5.74, 6) is 0.956. The second-order valence-corrected chi connectivity index (χ2v) is 7.36. The minimum atomic E-state index is 0.455. The summed E-state index contributed by atoms with van der Waals surface area (Å²) in [6.45, 7) is 7.67. The van der Waals surface area contributed by atoms with Crippen LogP contribution in [-0.2, 0) is 6.54 Å². The van der Waals surface area contributed by atoms with Gasteiger partial charge in [0.2, 0.25) is 0 Å². The Kier molecular flexibility index (Phi) is 3.91. The van der Waals surface area contributed by atoms with Gasteiger partial charge in [0, 0.05) is 31.9 Å². The average Bonchev–Trinajstić information content (AvgIpc) is 3.21. The summed E-state index contributed by atoms with van der Waals surface area (Å²) < 4.78 is 0. The standard InChI is InChI=1S/C16H24ClN3/c1-16(2)5-7-20(8-6-16)15-14(17)9-12(11-19-15)10-18-13-3-4-13/h9,11,13,18H,3-8,10H2,1-2H3. The Morgan fingerprint density at radius 1 is 1.35 bits per heavy atom. The van der Waals surface area contributed by atoms with Gasteiger partial charge in [0.25, 0.3) is 0 Å². The number of nitrogens with zero attached hydrogens (tertiary/aromatic N) is 2. The molecule has 0 spiro atoms. The molecule has 20 heavy (non-hydrogen) atoms. The summed E-state index contributed by atoms with van der Waals surface area (Å²) >= 11 is 6.43. The minimum Gasteiger partial charge on any atom is -0.355 e. The molecule has 1 saturated heterocycles. The molecule has 2 fully saturated rings. The molecule has 0 amide bonds. The molecular weight excluding hydrogens is 270 g/mol. The zero-order valence-corrected chi connectivity index (χ0v) is 13.2. The van der Waals surface area contributed by atoms with Crippen molar-refractivity contribution >= 4 is 17.4 Å². The number of hydrogen-bond donors (Lipinski definition) is 1. The first-order chi connectivity index (χ1) is 9.53. The van der Waals surface area contributed by atoms with Crippen molar-refractivity contribution < 1.29 is 0 Å². The molecule has 1 aromatic heterocycles. The zero-order valence-electron chi connectivity index (χ0n) is 12.5. The molecule has 0 unspecified atom stereocenters. The van der Waals surface area contributed by atoms with E-state index in [0.717, 1.165) is 36.5 Å². The third-order valence-corrected chi connectivity index (χ3v) is 4.75. The van der Waals surface area contributed by atoms with Crippen LogP contribution in [0.15, 0.2) is 12.3 Å². The summed E-state index contributed by atoms with van der Waals surface area (Å²) in [4.78, 5) is 6.93. The van der Waals surface area contributed by atoms with Gasteiger partial charge in [-0.2, -0.15) is 0 Å². The molecule has 2 heterocycles. The summed E-state index contributed by atoms with van der Waals surface area (Å²) in [5, 5.41) is 4.29. The molecule has 1 saturated carbocycles. The number of pyridine rings is 1. The van der Waals surface area contributed by atoms with Crippen molar-refractivity contribution in [3.63, 3.8) is 0 Å². The van der Waals surface area contributed by atoms with Gasteiger partial charge in [-0.3, -0.25) is 0 Å². The lowest BCUT2D eigenvalue weighted by Crippen LogP contribution is -2.37. The van der Waals surface area contributed by atoms with Crippen LogP contribution in [0.5, 0.6) is 0 Å². The summed E-state index contributed by atoms with van der Waals surface area (Å²) in [6, 6.07) is 2.79. The number of halogens is 1. The van der Waals surface area contributed by atoms with E-state index in [1.54, 1.807) is 0 Å². The van der Waals surface area contributed by atoms with E-state index in [2.05, 4.69) is 35.1 Å². The largest absolute Gasteiger partial charge is 0.355 e. The molecule has 3 nitrogen and oxygen atoms in total. The molecule has 3 rings (SSSR count). The lowest BCUT2D eigenvalue weighted by Gasteiger charge is -2.37. The number of anilines is 1. The highest BCUT2D eigenvalue weighted by molar-refractivity contribution is 6.33. The minimum absolute atomic E-state index is 0.455. The van der Waals surface area contributed by atoms with Gasteiger partial charge in [0.1, 0.15) is 5.82 Å². The molecule has 0 aromatic carbocycles. The van der Waals surface area contributed by atoms with Crippen LogP contribution in [-0.4, -0.2) is 24.1 Å². The van der Waals surface area contributed by atoms with Gasteiger partial charge in [-0.25, -0.2) is 4.98 Å². The normalized spacial score (nSPS) is 22.1. The molecule has 1 aliphatic heterocycles. The van der Waals surface area contributed by atoms with Crippen LogP contribution in [0.4, 0.5) is 5.82 Å². The highest BCUT2D eigenvalue weighted by atomic mass is 35.5. The number of hydrogen-bond acceptors (Lipinski definition) is 3. The number of piperidine rings is 1. The molecule has 4 heteroatoms. The smallest absolute Gasteiger partial charge is 0.147 e. The van der Waals surface area contributed by atoms with E-state index in [-0.39, 0.29) is 0 Å². The van der Waals surface area contributed by atoms with E-state index in [4.69, 9.17) is 11.6 Å². The van der Waals surface area contributed by atoms with Crippen LogP contribution in [0.2, 0.25) is 5.02 Å². The third kappa shape index (κ3) is 3.44. The van der Waals surface area contributed by atoms with Crippen molar-refractivity contribution in [3.05, 3.63) is 22.8 Å². The van der Waals surface area contributed by atoms with Crippen LogP contribution in [0, 0.1) is 5.41 Å². The van der Waals surface area contributed by atoms with Gasteiger partial charge in [-0.1, -0.05) is 25.4 Å². The molecule has 2 aliphatic rings. The highest BCUT2D eigenvalue weighted by Crippen LogP contribution is 2.34. The van der Waals surface area contributed by atoms with Crippen molar-refractivity contribution in [1.82, 2.24) is 10.3 Å². The van der Waals surface area contributed by atoms with Crippen LogP contribution in [0.25, 0.3) is 0 Å². The van der Waals surface area contributed by atoms with Crippen LogP contribution < -0.4 is 10.2 Å². The highest BCUT2D eigenvalue weighted by Gasteiger charge is 2.27. The zero-order chi connectivity index (χ0) is 14.2. The third-order valence-electron chi connectivity index (χ3n) is 4.47. The SMILES string of the molecule is CC1(C)CCN(c2ncc(CNC3CC3)cc2Cl)CC1. The van der Waals surface area contributed by atoms with E-state index in [0.29, 0.717) is 5.41 Å². The van der Waals surface area contributed by atoms with Crippen molar-refractivity contribution in [2.45, 2.75) is 52.1 Å². The topological polar surface area (TPSA) is 28.2 Å². The number of rotatable bonds is 4. The van der Waals surface area contributed by atoms with Crippen LogP contribution >= 0.6 is 11.6 Å². The molecule has 1 N–H and O–H groups in total. The Labute approximate surface area is 126 Å². The number of aromatic nitrogens is 1. The van der Waals surface area contributed by atoms with E-state index in [1.807, 2.05) is 6.20 Å². The Morgan fingerprint density at radius 2 is 2.05 bits per heavy atom. The first kappa shape index (κ1) is 14.2. The quantitative estimate of drug-likeness (QED) is 0.919. The van der Waals surface area contributed by atoms with Crippen molar-refractivity contribution in [2.24, 2.45) is 5.41 Å². The fourth-order valence-corrected chi connectivity index (χ4v) is 2.98. The second-order valence-electron chi connectivity index (χ2n) is 6.96. The van der Waals surface area contributed by atoms with Gasteiger partial charge in [0.05, 0.1) is 5.02 Å². The van der Waals surface area contributed by atoms with Crippen molar-refractivity contribution in [1.29, 1.82) is 0 Å². The maximum absolute atomic E-state index is 6.43. The van der Waals surface area contributed by atoms with E-state index in [9.17, 15) is 0 Å². The summed E-state index contributed by atoms with van der Waals surface area (Å²) in [7, 11) is 0. The lowest BCUT2D eigenvalue weighted by molar-refractivity contribution is 0.279. The molecule has 1 aromatic rings. The Hall–Kier alpha value is -0.800. The molecule has 0 radical (unpaired) electrons. The molecule has 0 bridgehead atoms. The summed E-state index contributed by atoms with van der Waals surface area (Å²) in [5.41, 5.74) is 1.64. The first-order valence-electron chi connectivity index (χ1n) is 7.66. The first-order valence-corrected chi connectivity index (χ1v) is 8.04. The van der Waals surface area contributed by atoms with E-state index in [1.165, 1.54) is 31.2 Å². The van der Waals surface area contributed by atoms with Crippen molar-refractivity contribution in [2.75, 3.05) is 18.0 Å². The fourth-order valence-electron chi connectivity index (χ4n) is 2.67. The monoisotopic (exact) mass is 293 g/mol. The van der Waals surface area contributed by atoms with Gasteiger partial charge in [-0.15, -0.1) is 0 Å². The molecule has 1 aliphatic carbocycles. The molecule has 0 atom stereocenters. The fraction of sp³-hybridized carbons (Fsp3) is 0.688. The molecular formula is C16H24ClN3. The lowest BCUT2D eigenvalue weighted by atomic mass is 9.83. The Bertz CT molecular complexity index is 473. The van der Waals surface area contributed by atoms with Gasteiger partial charge in [0.15, 0.2) is 0 Å². The predicted octanol–water partition coefficient (Wildman–Crippen LogP) is 3.61. The maximum Gasteiger partial charge on any atom is 0.147 e. The van der Waals surface area contributed by atoms with Gasteiger partial charge in [-0.05, 0) is 42.7 Å². The van der Waals surface area contributed by atoms with Crippen LogP contribution in [0.1, 0.15) is 45.1 Å². The summed E-state index contributed by atoms with van der Waals surface area (Å²) in [6.07, 6.45) is 6.99. The Morgan fingerprint density at radius 3 is 2.65 bits per heavy atom. The molecule has 110 valence electrons. The van der Waals surface area contributed by atoms with Gasteiger partial charge < -0.3 is 10.2 Å². The Balaban J connectivity index is 1.64. The van der Waals surface area contributed by atoms with Crippen molar-refractivity contribution in [3.8, 4) is 0 Å². The predicted molar refractivity (Wildman–Crippen MR) is 84.3 cm³/mol. The van der Waals surface area contributed by atoms with Gasteiger partial charge >= 0.3 is 0 Å².